The Morgan fingerprint density at radius 2 is 2.03 bits per heavy atom. The number of carboxylic acid groups (broad SMARTS) is 1. The predicted molar refractivity (Wildman–Crippen MR) is 120 cm³/mol. The molecule has 1 aromatic carbocycles. The first-order chi connectivity index (χ1) is 13.7. The van der Waals surface area contributed by atoms with Crippen LogP contribution in [0.2, 0.25) is 10.0 Å². The highest BCUT2D eigenvalue weighted by Gasteiger charge is 2.40. The highest BCUT2D eigenvalue weighted by Crippen LogP contribution is 2.37. The van der Waals surface area contributed by atoms with Crippen LogP contribution in [0.3, 0.4) is 0 Å². The highest BCUT2D eigenvalue weighted by atomic mass is 35.5. The molecular weight excluding hydrogens is 453 g/mol. The molecule has 1 amide bonds. The van der Waals surface area contributed by atoms with Gasteiger partial charge in [0.15, 0.2) is 0 Å². The Hall–Kier alpha value is -1.80. The number of aliphatic carboxylic acids is 1. The third-order valence-corrected chi connectivity index (χ3v) is 6.10. The van der Waals surface area contributed by atoms with E-state index in [0.29, 0.717) is 38.5 Å². The van der Waals surface area contributed by atoms with Gasteiger partial charge in [0.1, 0.15) is 21.9 Å². The third-order valence-electron chi connectivity index (χ3n) is 4.21. The number of nitrogens with zero attached hydrogens (tertiary/aromatic N) is 1. The summed E-state index contributed by atoms with van der Waals surface area (Å²) in [6, 6.07) is 7.47. The standard InChI is InChI=1S/C20H17Cl2NO4S2/c1-10(2)7-15(19(25)26)23-18(24)17(29-20(23)28)9-12-4-6-16(27-12)13-8-11(21)3-5-14(13)22/h3-6,8-10,15H,7H2,1-2H3,(H,25,26). The molecule has 2 heterocycles. The number of hydrogen-bond acceptors (Lipinski definition) is 5. The van der Waals surface area contributed by atoms with Crippen LogP contribution in [0.15, 0.2) is 39.7 Å². The van der Waals surface area contributed by atoms with Gasteiger partial charge < -0.3 is 9.52 Å². The Morgan fingerprint density at radius 1 is 1.31 bits per heavy atom. The maximum Gasteiger partial charge on any atom is 0.326 e. The van der Waals surface area contributed by atoms with Gasteiger partial charge in [0, 0.05) is 16.7 Å². The van der Waals surface area contributed by atoms with Crippen LogP contribution in [-0.4, -0.2) is 32.2 Å². The summed E-state index contributed by atoms with van der Waals surface area (Å²) in [6.45, 7) is 3.80. The van der Waals surface area contributed by atoms with Crippen LogP contribution in [0.4, 0.5) is 0 Å². The Kier molecular flexibility index (Phi) is 6.73. The molecular formula is C20H17Cl2NO4S2. The van der Waals surface area contributed by atoms with Crippen molar-refractivity contribution >= 4 is 69.5 Å². The summed E-state index contributed by atoms with van der Waals surface area (Å²) in [5.41, 5.74) is 0.634. The first-order valence-electron chi connectivity index (χ1n) is 8.72. The number of thiocarbonyl (C=S) groups is 1. The number of rotatable bonds is 6. The highest BCUT2D eigenvalue weighted by molar-refractivity contribution is 8.26. The summed E-state index contributed by atoms with van der Waals surface area (Å²) >= 11 is 18.6. The summed E-state index contributed by atoms with van der Waals surface area (Å²) in [5.74, 6) is -0.492. The van der Waals surface area contributed by atoms with E-state index in [-0.39, 0.29) is 10.2 Å². The van der Waals surface area contributed by atoms with Crippen molar-refractivity contribution in [2.75, 3.05) is 0 Å². The van der Waals surface area contributed by atoms with Crippen molar-refractivity contribution in [3.63, 3.8) is 0 Å². The Balaban J connectivity index is 1.87. The molecule has 2 aromatic rings. The summed E-state index contributed by atoms with van der Waals surface area (Å²) in [7, 11) is 0. The van der Waals surface area contributed by atoms with E-state index in [2.05, 4.69) is 0 Å². The number of thioether (sulfide) groups is 1. The molecule has 9 heteroatoms. The first kappa shape index (κ1) is 21.9. The molecule has 0 aliphatic carbocycles. The topological polar surface area (TPSA) is 70.8 Å². The molecule has 1 aromatic heterocycles. The van der Waals surface area contributed by atoms with Crippen molar-refractivity contribution in [1.29, 1.82) is 0 Å². The Morgan fingerprint density at radius 3 is 2.69 bits per heavy atom. The van der Waals surface area contributed by atoms with Crippen LogP contribution in [0, 0.1) is 5.92 Å². The van der Waals surface area contributed by atoms with Crippen molar-refractivity contribution in [2.24, 2.45) is 5.92 Å². The molecule has 1 atom stereocenters. The van der Waals surface area contributed by atoms with Gasteiger partial charge in [-0.15, -0.1) is 0 Å². The first-order valence-corrected chi connectivity index (χ1v) is 10.7. The van der Waals surface area contributed by atoms with Gasteiger partial charge in [-0.25, -0.2) is 4.79 Å². The second-order valence-corrected chi connectivity index (χ2v) is 9.38. The molecule has 0 spiro atoms. The van der Waals surface area contributed by atoms with Gasteiger partial charge in [-0.05, 0) is 42.7 Å². The maximum atomic E-state index is 12.8. The predicted octanol–water partition coefficient (Wildman–Crippen LogP) is 5.95. The van der Waals surface area contributed by atoms with Gasteiger partial charge in [-0.1, -0.05) is 61.0 Å². The number of carbonyl (C=O) groups excluding carboxylic acids is 1. The average molecular weight is 470 g/mol. The van der Waals surface area contributed by atoms with Crippen LogP contribution in [0.25, 0.3) is 17.4 Å². The number of benzene rings is 1. The van der Waals surface area contributed by atoms with Gasteiger partial charge in [0.05, 0.1) is 9.93 Å². The zero-order valence-electron chi connectivity index (χ0n) is 15.5. The van der Waals surface area contributed by atoms with Crippen LogP contribution in [-0.2, 0) is 9.59 Å². The number of carboxylic acids is 1. The molecule has 1 N–H and O–H groups in total. The van der Waals surface area contributed by atoms with Crippen molar-refractivity contribution in [3.8, 4) is 11.3 Å². The summed E-state index contributed by atoms with van der Waals surface area (Å²) in [4.78, 5) is 26.0. The summed E-state index contributed by atoms with van der Waals surface area (Å²) < 4.78 is 6.02. The number of amides is 1. The van der Waals surface area contributed by atoms with Crippen molar-refractivity contribution in [3.05, 3.63) is 51.0 Å². The van der Waals surface area contributed by atoms with Crippen molar-refractivity contribution < 1.29 is 19.1 Å². The lowest BCUT2D eigenvalue weighted by Crippen LogP contribution is -2.44. The van der Waals surface area contributed by atoms with E-state index < -0.39 is 17.9 Å². The molecule has 1 unspecified atom stereocenters. The van der Waals surface area contributed by atoms with E-state index in [4.69, 9.17) is 39.8 Å². The van der Waals surface area contributed by atoms with E-state index in [1.807, 2.05) is 13.8 Å². The third kappa shape index (κ3) is 4.86. The molecule has 29 heavy (non-hydrogen) atoms. The number of carbonyl (C=O) groups is 2. The zero-order valence-corrected chi connectivity index (χ0v) is 18.7. The second kappa shape index (κ2) is 8.92. The smallest absolute Gasteiger partial charge is 0.326 e. The second-order valence-electron chi connectivity index (χ2n) is 6.86. The van der Waals surface area contributed by atoms with E-state index in [9.17, 15) is 14.7 Å². The van der Waals surface area contributed by atoms with E-state index in [0.717, 1.165) is 11.8 Å². The molecule has 1 fully saturated rings. The van der Waals surface area contributed by atoms with Gasteiger partial charge in [0.25, 0.3) is 5.91 Å². The number of halogens is 2. The molecule has 0 bridgehead atoms. The maximum absolute atomic E-state index is 12.8. The van der Waals surface area contributed by atoms with Crippen LogP contribution < -0.4 is 0 Å². The molecule has 152 valence electrons. The lowest BCUT2D eigenvalue weighted by molar-refractivity contribution is -0.145. The quantitative estimate of drug-likeness (QED) is 0.415. The van der Waals surface area contributed by atoms with E-state index in [1.54, 1.807) is 36.4 Å². The Bertz CT molecular complexity index is 1020. The lowest BCUT2D eigenvalue weighted by Gasteiger charge is -2.24. The van der Waals surface area contributed by atoms with E-state index in [1.165, 1.54) is 4.90 Å². The summed E-state index contributed by atoms with van der Waals surface area (Å²) in [5, 5.41) is 10.6. The zero-order chi connectivity index (χ0) is 21.3. The molecule has 5 nitrogen and oxygen atoms in total. The normalized spacial score (nSPS) is 16.9. The molecule has 1 saturated heterocycles. The van der Waals surface area contributed by atoms with Gasteiger partial charge in [-0.3, -0.25) is 9.69 Å². The lowest BCUT2D eigenvalue weighted by atomic mass is 10.0. The van der Waals surface area contributed by atoms with Gasteiger partial charge in [-0.2, -0.15) is 0 Å². The van der Waals surface area contributed by atoms with E-state index >= 15 is 0 Å². The largest absolute Gasteiger partial charge is 0.480 e. The molecule has 0 radical (unpaired) electrons. The van der Waals surface area contributed by atoms with Crippen molar-refractivity contribution in [1.82, 2.24) is 4.90 Å². The number of hydrogen-bond donors (Lipinski definition) is 1. The van der Waals surface area contributed by atoms with Crippen LogP contribution >= 0.6 is 47.2 Å². The fourth-order valence-electron chi connectivity index (χ4n) is 2.90. The fourth-order valence-corrected chi connectivity index (χ4v) is 4.62. The monoisotopic (exact) mass is 469 g/mol. The van der Waals surface area contributed by atoms with Gasteiger partial charge in [0.2, 0.25) is 0 Å². The Labute approximate surface area is 187 Å². The molecule has 1 aliphatic heterocycles. The minimum atomic E-state index is -1.08. The van der Waals surface area contributed by atoms with Crippen molar-refractivity contribution in [2.45, 2.75) is 26.3 Å². The molecule has 1 aliphatic rings. The minimum Gasteiger partial charge on any atom is -0.480 e. The average Bonchev–Trinajstić information content (AvgIpc) is 3.20. The SMILES string of the molecule is CC(C)CC(C(=O)O)N1C(=O)C(=Cc2ccc(-c3cc(Cl)ccc3Cl)o2)SC1=S. The number of furan rings is 1. The summed E-state index contributed by atoms with van der Waals surface area (Å²) in [6.07, 6.45) is 1.86. The van der Waals surface area contributed by atoms with Crippen LogP contribution in [0.1, 0.15) is 26.0 Å². The molecule has 0 saturated carbocycles. The minimum absolute atomic E-state index is 0.0970. The molecule has 3 rings (SSSR count). The van der Waals surface area contributed by atoms with Gasteiger partial charge >= 0.3 is 5.97 Å². The van der Waals surface area contributed by atoms with Crippen LogP contribution in [0.5, 0.6) is 0 Å². The fraction of sp³-hybridized carbons (Fsp3) is 0.250.